The van der Waals surface area contributed by atoms with Gasteiger partial charge in [-0.15, -0.1) is 0 Å². The van der Waals surface area contributed by atoms with E-state index in [9.17, 15) is 26.4 Å². The Hall–Kier alpha value is -2.55. The number of nitrogens with one attached hydrogen (secondary N) is 1. The van der Waals surface area contributed by atoms with Crippen LogP contribution in [0, 0.1) is 0 Å². The van der Waals surface area contributed by atoms with Gasteiger partial charge < -0.3 is 4.74 Å². The maximum absolute atomic E-state index is 12.7. The van der Waals surface area contributed by atoms with Crippen molar-refractivity contribution in [3.05, 3.63) is 59.2 Å². The Bertz CT molecular complexity index is 923. The largest absolute Gasteiger partial charge is 0.457 e. The molecule has 0 unspecified atom stereocenters. The molecule has 126 valence electrons. The van der Waals surface area contributed by atoms with Crippen LogP contribution in [0.3, 0.4) is 0 Å². The summed E-state index contributed by atoms with van der Waals surface area (Å²) in [5, 5.41) is 0. The normalized spacial score (nSPS) is 14.2. The number of benzene rings is 2. The highest BCUT2D eigenvalue weighted by atomic mass is 32.2. The summed E-state index contributed by atoms with van der Waals surface area (Å²) in [4.78, 5) is 11.0. The van der Waals surface area contributed by atoms with Gasteiger partial charge in [-0.3, -0.25) is 4.72 Å². The molecule has 5 nitrogen and oxygen atoms in total. The maximum Gasteiger partial charge on any atom is 0.416 e. The highest BCUT2D eigenvalue weighted by molar-refractivity contribution is 7.92. The molecule has 1 aliphatic rings. The zero-order valence-corrected chi connectivity index (χ0v) is 12.7. The number of anilines is 1. The molecule has 0 radical (unpaired) electrons. The molecule has 0 amide bonds. The van der Waals surface area contributed by atoms with Crippen molar-refractivity contribution >= 4 is 21.7 Å². The Labute approximate surface area is 135 Å². The molecule has 3 rings (SSSR count). The van der Waals surface area contributed by atoms with Gasteiger partial charge in [-0.25, -0.2) is 13.2 Å². The number of cyclic esters (lactones) is 1. The van der Waals surface area contributed by atoms with E-state index in [4.69, 9.17) is 4.74 Å². The highest BCUT2D eigenvalue weighted by Gasteiger charge is 2.31. The maximum atomic E-state index is 12.7. The average molecular weight is 357 g/mol. The molecule has 0 aliphatic carbocycles. The molecule has 0 fully saturated rings. The van der Waals surface area contributed by atoms with Gasteiger partial charge in [0.25, 0.3) is 10.0 Å². The number of carbonyl (C=O) groups excluding carboxylic acids is 1. The topological polar surface area (TPSA) is 72.5 Å². The van der Waals surface area contributed by atoms with E-state index in [0.717, 1.165) is 18.2 Å². The monoisotopic (exact) mass is 357 g/mol. The first-order valence-electron chi connectivity index (χ1n) is 6.67. The summed E-state index contributed by atoms with van der Waals surface area (Å²) in [5.74, 6) is -0.579. The lowest BCUT2D eigenvalue weighted by molar-refractivity contribution is -0.137. The highest BCUT2D eigenvalue weighted by Crippen LogP contribution is 2.31. The number of alkyl halides is 3. The van der Waals surface area contributed by atoms with Crippen LogP contribution >= 0.6 is 0 Å². The molecule has 0 aromatic heterocycles. The summed E-state index contributed by atoms with van der Waals surface area (Å²) in [6.07, 6.45) is -4.65. The number of halogens is 3. The molecule has 9 heteroatoms. The molecule has 24 heavy (non-hydrogen) atoms. The summed E-state index contributed by atoms with van der Waals surface area (Å²) < 4.78 is 69.6. The van der Waals surface area contributed by atoms with Gasteiger partial charge in [0.2, 0.25) is 0 Å². The van der Waals surface area contributed by atoms with E-state index >= 15 is 0 Å². The molecule has 0 bridgehead atoms. The lowest BCUT2D eigenvalue weighted by atomic mass is 10.1. The minimum absolute atomic E-state index is 0.0602. The number of hydrogen-bond acceptors (Lipinski definition) is 4. The van der Waals surface area contributed by atoms with Crippen molar-refractivity contribution in [3.8, 4) is 0 Å². The van der Waals surface area contributed by atoms with E-state index in [2.05, 4.69) is 4.72 Å². The Morgan fingerprint density at radius 3 is 2.54 bits per heavy atom. The Kier molecular flexibility index (Phi) is 3.75. The van der Waals surface area contributed by atoms with Crippen LogP contribution in [0.4, 0.5) is 18.9 Å². The van der Waals surface area contributed by atoms with Gasteiger partial charge in [-0.05, 0) is 30.3 Å². The first-order valence-corrected chi connectivity index (χ1v) is 8.15. The number of esters is 1. The van der Waals surface area contributed by atoms with Crippen LogP contribution in [-0.4, -0.2) is 14.4 Å². The number of ether oxygens (including phenoxy) is 1. The van der Waals surface area contributed by atoms with Crippen LogP contribution < -0.4 is 4.72 Å². The van der Waals surface area contributed by atoms with E-state index in [1.807, 2.05) is 0 Å². The van der Waals surface area contributed by atoms with Gasteiger partial charge in [0.15, 0.2) is 0 Å². The van der Waals surface area contributed by atoms with Gasteiger partial charge >= 0.3 is 12.1 Å². The van der Waals surface area contributed by atoms with Crippen molar-refractivity contribution in [2.75, 3.05) is 4.72 Å². The number of hydrogen-bond donors (Lipinski definition) is 1. The van der Waals surface area contributed by atoms with Crippen LogP contribution in [0.2, 0.25) is 0 Å². The molecule has 1 N–H and O–H groups in total. The minimum atomic E-state index is -4.65. The second-order valence-corrected chi connectivity index (χ2v) is 6.76. The van der Waals surface area contributed by atoms with Crippen LogP contribution in [-0.2, 0) is 27.5 Å². The molecule has 0 saturated heterocycles. The molecule has 0 saturated carbocycles. The summed E-state index contributed by atoms with van der Waals surface area (Å²) in [6, 6.07) is 7.61. The number of sulfonamides is 1. The Balaban J connectivity index is 1.93. The van der Waals surface area contributed by atoms with Crippen molar-refractivity contribution in [2.45, 2.75) is 17.7 Å². The number of carbonyl (C=O) groups is 1. The predicted molar refractivity (Wildman–Crippen MR) is 77.8 cm³/mol. The van der Waals surface area contributed by atoms with Gasteiger partial charge in [0, 0.05) is 11.3 Å². The number of rotatable bonds is 3. The summed E-state index contributed by atoms with van der Waals surface area (Å²) in [7, 11) is -4.23. The SMILES string of the molecule is O=C1OCc2ccc(NS(=O)(=O)c3cccc(C(F)(F)F)c3)cc21. The van der Waals surface area contributed by atoms with Crippen molar-refractivity contribution in [1.29, 1.82) is 0 Å². The third-order valence-corrected chi connectivity index (χ3v) is 4.79. The number of fused-ring (bicyclic) bond motifs is 1. The quantitative estimate of drug-likeness (QED) is 0.857. The van der Waals surface area contributed by atoms with Crippen LogP contribution in [0.5, 0.6) is 0 Å². The lowest BCUT2D eigenvalue weighted by Crippen LogP contribution is -2.15. The minimum Gasteiger partial charge on any atom is -0.457 e. The molecule has 0 spiro atoms. The first kappa shape index (κ1) is 16.3. The zero-order valence-electron chi connectivity index (χ0n) is 11.9. The first-order chi connectivity index (χ1) is 11.2. The molecule has 2 aromatic rings. The Morgan fingerprint density at radius 1 is 1.08 bits per heavy atom. The van der Waals surface area contributed by atoms with Crippen molar-refractivity contribution in [2.24, 2.45) is 0 Å². The fourth-order valence-electron chi connectivity index (χ4n) is 2.23. The van der Waals surface area contributed by atoms with Gasteiger partial charge in [-0.2, -0.15) is 13.2 Å². The van der Waals surface area contributed by atoms with Gasteiger partial charge in [0.1, 0.15) is 6.61 Å². The third kappa shape index (κ3) is 3.07. The summed E-state index contributed by atoms with van der Waals surface area (Å²) in [5.41, 5.74) is -0.172. The Morgan fingerprint density at radius 2 is 1.83 bits per heavy atom. The molecular weight excluding hydrogens is 347 g/mol. The van der Waals surface area contributed by atoms with E-state index in [1.54, 1.807) is 0 Å². The second-order valence-electron chi connectivity index (χ2n) is 5.08. The van der Waals surface area contributed by atoms with Crippen LogP contribution in [0.25, 0.3) is 0 Å². The molecule has 0 atom stereocenters. The fourth-order valence-corrected chi connectivity index (χ4v) is 3.33. The van der Waals surface area contributed by atoms with E-state index in [0.29, 0.717) is 11.6 Å². The average Bonchev–Trinajstić information content (AvgIpc) is 2.87. The van der Waals surface area contributed by atoms with Crippen molar-refractivity contribution < 1.29 is 31.1 Å². The standard InChI is InChI=1S/C15H10F3NO4S/c16-15(17,18)10-2-1-3-12(6-10)24(21,22)19-11-5-4-9-8-23-14(20)13(9)7-11/h1-7,19H,8H2. The molecule has 2 aromatic carbocycles. The molecular formula is C15H10F3NO4S. The van der Waals surface area contributed by atoms with Crippen LogP contribution in [0.15, 0.2) is 47.4 Å². The molecule has 1 aliphatic heterocycles. The fraction of sp³-hybridized carbons (Fsp3) is 0.133. The molecule has 1 heterocycles. The van der Waals surface area contributed by atoms with E-state index in [-0.39, 0.29) is 17.9 Å². The van der Waals surface area contributed by atoms with Crippen molar-refractivity contribution in [3.63, 3.8) is 0 Å². The lowest BCUT2D eigenvalue weighted by Gasteiger charge is -2.11. The zero-order chi connectivity index (χ0) is 17.5. The van der Waals surface area contributed by atoms with E-state index < -0.39 is 32.6 Å². The predicted octanol–water partition coefficient (Wildman–Crippen LogP) is 3.18. The van der Waals surface area contributed by atoms with E-state index in [1.165, 1.54) is 18.2 Å². The summed E-state index contributed by atoms with van der Waals surface area (Å²) in [6.45, 7) is 0.106. The summed E-state index contributed by atoms with van der Waals surface area (Å²) >= 11 is 0. The second kappa shape index (κ2) is 5.52. The third-order valence-electron chi connectivity index (χ3n) is 3.41. The van der Waals surface area contributed by atoms with Crippen LogP contribution in [0.1, 0.15) is 21.5 Å². The van der Waals surface area contributed by atoms with Crippen molar-refractivity contribution in [1.82, 2.24) is 0 Å². The van der Waals surface area contributed by atoms with Gasteiger partial charge in [-0.1, -0.05) is 12.1 Å². The van der Waals surface area contributed by atoms with Gasteiger partial charge in [0.05, 0.1) is 16.0 Å². The smallest absolute Gasteiger partial charge is 0.416 e.